The summed E-state index contributed by atoms with van der Waals surface area (Å²) >= 11 is 0. The minimum atomic E-state index is -0.0505. The van der Waals surface area contributed by atoms with Gasteiger partial charge in [-0.2, -0.15) is 0 Å². The number of hydrogen-bond acceptors (Lipinski definition) is 5. The van der Waals surface area contributed by atoms with Crippen molar-refractivity contribution in [3.63, 3.8) is 0 Å². The van der Waals surface area contributed by atoms with Crippen LogP contribution in [0.15, 0.2) is 34.9 Å². The van der Waals surface area contributed by atoms with Crippen molar-refractivity contribution < 1.29 is 14.1 Å². The van der Waals surface area contributed by atoms with Crippen molar-refractivity contribution in [2.45, 2.75) is 13.5 Å². The van der Waals surface area contributed by atoms with Gasteiger partial charge in [-0.1, -0.05) is 35.0 Å². The molecule has 2 aromatic rings. The molecule has 5 nitrogen and oxygen atoms in total. The minimum Gasteiger partial charge on any atom is -0.465 e. The number of esters is 1. The third kappa shape index (κ3) is 2.41. The van der Waals surface area contributed by atoms with E-state index >= 15 is 0 Å². The Hall–Kier alpha value is -2.14. The number of benzene rings is 1. The average molecular weight is 298 g/mol. The molecular weight excluding hydrogens is 280 g/mol. The number of carbonyl (C=O) groups excluding carboxylic acids is 1. The fraction of sp³-hybridized carbons (Fsp3) is 0.412. The first-order valence-corrected chi connectivity index (χ1v) is 7.60. The second-order valence-corrected chi connectivity index (χ2v) is 6.24. The van der Waals surface area contributed by atoms with Crippen LogP contribution in [0.2, 0.25) is 0 Å². The van der Waals surface area contributed by atoms with Gasteiger partial charge in [0.1, 0.15) is 5.69 Å². The maximum Gasteiger partial charge on any atom is 0.310 e. The molecule has 114 valence electrons. The molecular formula is C17H18N2O3. The summed E-state index contributed by atoms with van der Waals surface area (Å²) in [7, 11) is 0. The predicted molar refractivity (Wildman–Crippen MR) is 79.9 cm³/mol. The smallest absolute Gasteiger partial charge is 0.310 e. The highest BCUT2D eigenvalue weighted by molar-refractivity contribution is 5.75. The van der Waals surface area contributed by atoms with Crippen LogP contribution in [0, 0.1) is 18.8 Å². The van der Waals surface area contributed by atoms with E-state index in [2.05, 4.69) is 29.1 Å². The van der Waals surface area contributed by atoms with E-state index in [4.69, 9.17) is 9.26 Å². The molecule has 2 fully saturated rings. The number of aromatic nitrogens is 1. The number of cyclic esters (lactones) is 1. The van der Waals surface area contributed by atoms with Gasteiger partial charge in [0.2, 0.25) is 0 Å². The number of hydrogen-bond donors (Lipinski definition) is 0. The molecule has 0 aliphatic carbocycles. The first-order chi connectivity index (χ1) is 10.7. The first-order valence-electron chi connectivity index (χ1n) is 7.60. The molecule has 4 rings (SSSR count). The van der Waals surface area contributed by atoms with Gasteiger partial charge < -0.3 is 9.26 Å². The van der Waals surface area contributed by atoms with Crippen LogP contribution in [0.4, 0.5) is 0 Å². The number of aryl methyl sites for hydroxylation is 1. The molecule has 2 saturated heterocycles. The van der Waals surface area contributed by atoms with Crippen molar-refractivity contribution in [2.75, 3.05) is 19.7 Å². The number of carbonyl (C=O) groups is 1. The molecule has 0 bridgehead atoms. The van der Waals surface area contributed by atoms with E-state index in [0.29, 0.717) is 19.1 Å². The van der Waals surface area contributed by atoms with Crippen LogP contribution in [-0.2, 0) is 16.1 Å². The Morgan fingerprint density at radius 1 is 1.27 bits per heavy atom. The van der Waals surface area contributed by atoms with Crippen molar-refractivity contribution >= 4 is 5.97 Å². The van der Waals surface area contributed by atoms with E-state index in [1.165, 1.54) is 5.56 Å². The zero-order valence-electron chi connectivity index (χ0n) is 12.5. The largest absolute Gasteiger partial charge is 0.465 e. The summed E-state index contributed by atoms with van der Waals surface area (Å²) in [5.74, 6) is 1.17. The van der Waals surface area contributed by atoms with Gasteiger partial charge in [-0.25, -0.2) is 0 Å². The summed E-state index contributed by atoms with van der Waals surface area (Å²) in [6.45, 7) is 4.96. The summed E-state index contributed by atoms with van der Waals surface area (Å²) in [5, 5.41) is 4.15. The molecule has 0 saturated carbocycles. The molecule has 2 atom stereocenters. The quantitative estimate of drug-likeness (QED) is 0.814. The molecule has 0 N–H and O–H groups in total. The highest BCUT2D eigenvalue weighted by atomic mass is 16.5. The SMILES string of the molecule is Cc1ccc(-c2cc(CN3C[C@@H]4COC(=O)[C@@H]4C3)on2)cc1. The number of fused-ring (bicyclic) bond motifs is 1. The fourth-order valence-corrected chi connectivity index (χ4v) is 3.29. The highest BCUT2D eigenvalue weighted by Gasteiger charge is 2.43. The third-order valence-electron chi connectivity index (χ3n) is 4.54. The van der Waals surface area contributed by atoms with Crippen molar-refractivity contribution in [3.05, 3.63) is 41.7 Å². The first kappa shape index (κ1) is 13.5. The number of rotatable bonds is 3. The topological polar surface area (TPSA) is 55.6 Å². The van der Waals surface area contributed by atoms with E-state index in [-0.39, 0.29) is 11.9 Å². The normalized spacial score (nSPS) is 24.5. The Morgan fingerprint density at radius 2 is 2.09 bits per heavy atom. The lowest BCUT2D eigenvalue weighted by molar-refractivity contribution is -0.141. The van der Waals surface area contributed by atoms with E-state index in [1.807, 2.05) is 18.2 Å². The molecule has 1 aromatic carbocycles. The maximum absolute atomic E-state index is 11.6. The summed E-state index contributed by atoms with van der Waals surface area (Å²) in [5.41, 5.74) is 3.14. The van der Waals surface area contributed by atoms with Crippen molar-refractivity contribution in [3.8, 4) is 11.3 Å². The summed E-state index contributed by atoms with van der Waals surface area (Å²) in [6.07, 6.45) is 0. The number of likely N-dealkylation sites (tertiary alicyclic amines) is 1. The second-order valence-electron chi connectivity index (χ2n) is 6.24. The van der Waals surface area contributed by atoms with Gasteiger partial charge in [-0.05, 0) is 6.92 Å². The van der Waals surface area contributed by atoms with Gasteiger partial charge in [0, 0.05) is 30.6 Å². The second kappa shape index (κ2) is 5.25. The molecule has 3 heterocycles. The van der Waals surface area contributed by atoms with E-state index in [9.17, 15) is 4.79 Å². The Bertz CT molecular complexity index is 692. The standard InChI is InChI=1S/C17H18N2O3/c1-11-2-4-12(5-3-11)16-6-14(22-18-16)8-19-7-13-10-21-17(20)15(13)9-19/h2-6,13,15H,7-10H2,1H3/t13-,15-/m1/s1. The lowest BCUT2D eigenvalue weighted by Gasteiger charge is -2.13. The minimum absolute atomic E-state index is 0.0412. The zero-order chi connectivity index (χ0) is 15.1. The van der Waals surface area contributed by atoms with Gasteiger partial charge in [-0.15, -0.1) is 0 Å². The van der Waals surface area contributed by atoms with Crippen molar-refractivity contribution in [1.29, 1.82) is 0 Å². The lowest BCUT2D eigenvalue weighted by atomic mass is 10.0. The Kier molecular flexibility index (Phi) is 3.22. The van der Waals surface area contributed by atoms with Gasteiger partial charge in [-0.3, -0.25) is 9.69 Å². The molecule has 22 heavy (non-hydrogen) atoms. The Balaban J connectivity index is 1.44. The van der Waals surface area contributed by atoms with E-state index in [0.717, 1.165) is 30.1 Å². The molecule has 0 radical (unpaired) electrons. The summed E-state index contributed by atoms with van der Waals surface area (Å²) < 4.78 is 10.5. The van der Waals surface area contributed by atoms with Crippen molar-refractivity contribution in [1.82, 2.24) is 10.1 Å². The predicted octanol–water partition coefficient (Wildman–Crippen LogP) is 2.25. The molecule has 0 spiro atoms. The number of ether oxygens (including phenoxy) is 1. The highest BCUT2D eigenvalue weighted by Crippen LogP contribution is 2.31. The van der Waals surface area contributed by atoms with Crippen LogP contribution in [0.3, 0.4) is 0 Å². The zero-order valence-corrected chi connectivity index (χ0v) is 12.5. The maximum atomic E-state index is 11.6. The monoisotopic (exact) mass is 298 g/mol. The van der Waals surface area contributed by atoms with E-state index in [1.54, 1.807) is 0 Å². The van der Waals surface area contributed by atoms with Gasteiger partial charge in [0.15, 0.2) is 5.76 Å². The molecule has 0 unspecified atom stereocenters. The van der Waals surface area contributed by atoms with Crippen LogP contribution in [0.1, 0.15) is 11.3 Å². The summed E-state index contributed by atoms with van der Waals surface area (Å²) in [4.78, 5) is 13.8. The van der Waals surface area contributed by atoms with Crippen molar-refractivity contribution in [2.24, 2.45) is 11.8 Å². The van der Waals surface area contributed by atoms with Crippen LogP contribution >= 0.6 is 0 Å². The van der Waals surface area contributed by atoms with Crippen LogP contribution < -0.4 is 0 Å². The number of nitrogens with zero attached hydrogens (tertiary/aromatic N) is 2. The van der Waals surface area contributed by atoms with Gasteiger partial charge >= 0.3 is 5.97 Å². The van der Waals surface area contributed by atoms with Gasteiger partial charge in [0.05, 0.1) is 19.1 Å². The summed E-state index contributed by atoms with van der Waals surface area (Å²) in [6, 6.07) is 10.2. The Morgan fingerprint density at radius 3 is 2.86 bits per heavy atom. The van der Waals surface area contributed by atoms with E-state index < -0.39 is 0 Å². The molecule has 2 aliphatic heterocycles. The molecule has 0 amide bonds. The molecule has 5 heteroatoms. The third-order valence-corrected chi connectivity index (χ3v) is 4.54. The Labute approximate surface area is 128 Å². The van der Waals surface area contributed by atoms with Gasteiger partial charge in [0.25, 0.3) is 0 Å². The van der Waals surface area contributed by atoms with Crippen LogP contribution in [-0.4, -0.2) is 35.7 Å². The average Bonchev–Trinajstić information content (AvgIpc) is 3.19. The van der Waals surface area contributed by atoms with Crippen LogP contribution in [0.25, 0.3) is 11.3 Å². The molecule has 1 aromatic heterocycles. The lowest BCUT2D eigenvalue weighted by Crippen LogP contribution is -2.23. The van der Waals surface area contributed by atoms with Crippen LogP contribution in [0.5, 0.6) is 0 Å². The fourth-order valence-electron chi connectivity index (χ4n) is 3.29. The molecule has 2 aliphatic rings.